The van der Waals surface area contributed by atoms with Crippen molar-refractivity contribution in [1.29, 1.82) is 0 Å². The van der Waals surface area contributed by atoms with Crippen LogP contribution in [0.2, 0.25) is 5.02 Å². The highest BCUT2D eigenvalue weighted by Gasteiger charge is 2.14. The van der Waals surface area contributed by atoms with Crippen LogP contribution in [0.4, 0.5) is 0 Å². The maximum absolute atomic E-state index is 12.2. The maximum Gasteiger partial charge on any atom is 0.240 e. The first-order chi connectivity index (χ1) is 13.5. The van der Waals surface area contributed by atoms with Crippen molar-refractivity contribution >= 4 is 51.6 Å². The number of fused-ring (bicyclic) bond motifs is 1. The lowest BCUT2D eigenvalue weighted by Gasteiger charge is -2.13. The van der Waals surface area contributed by atoms with Gasteiger partial charge in [0.15, 0.2) is 17.5 Å². The van der Waals surface area contributed by atoms with Gasteiger partial charge in [-0.15, -0.1) is 24.0 Å². The molecule has 2 aromatic rings. The number of rotatable bonds is 7. The molecule has 3 N–H and O–H groups in total. The quantitative estimate of drug-likeness (QED) is 0.211. The Morgan fingerprint density at radius 1 is 1.10 bits per heavy atom. The SMILES string of the molecule is CN=C(NCCNS(=O)(=O)c1cccc(Cl)c1)NCc1ccc2c(c1)OCO2.I. The van der Waals surface area contributed by atoms with Crippen LogP contribution in [0.25, 0.3) is 0 Å². The van der Waals surface area contributed by atoms with Crippen LogP contribution in [-0.2, 0) is 16.6 Å². The highest BCUT2D eigenvalue weighted by atomic mass is 127. The minimum Gasteiger partial charge on any atom is -0.454 e. The molecule has 0 fully saturated rings. The summed E-state index contributed by atoms with van der Waals surface area (Å²) in [5, 5.41) is 6.59. The van der Waals surface area contributed by atoms with Gasteiger partial charge < -0.3 is 20.1 Å². The van der Waals surface area contributed by atoms with E-state index in [0.29, 0.717) is 24.1 Å². The fourth-order valence-electron chi connectivity index (χ4n) is 2.54. The Kier molecular flexibility index (Phi) is 8.80. The number of sulfonamides is 1. The van der Waals surface area contributed by atoms with E-state index in [1.807, 2.05) is 18.2 Å². The van der Waals surface area contributed by atoms with Crippen LogP contribution < -0.4 is 24.8 Å². The van der Waals surface area contributed by atoms with Crippen molar-refractivity contribution in [1.82, 2.24) is 15.4 Å². The first-order valence-corrected chi connectivity index (χ1v) is 10.4. The largest absolute Gasteiger partial charge is 0.454 e. The van der Waals surface area contributed by atoms with E-state index in [9.17, 15) is 8.42 Å². The molecule has 2 aromatic carbocycles. The molecule has 0 bridgehead atoms. The molecule has 0 aromatic heterocycles. The van der Waals surface area contributed by atoms with E-state index in [0.717, 1.165) is 17.1 Å². The number of guanidine groups is 1. The summed E-state index contributed by atoms with van der Waals surface area (Å²) in [5.74, 6) is 2.01. The molecule has 0 radical (unpaired) electrons. The molecular formula is C18H22ClIN4O4S. The van der Waals surface area contributed by atoms with Crippen molar-refractivity contribution in [2.24, 2.45) is 4.99 Å². The summed E-state index contributed by atoms with van der Waals surface area (Å²) in [6, 6.07) is 11.8. The maximum atomic E-state index is 12.2. The van der Waals surface area contributed by atoms with Gasteiger partial charge in [0.1, 0.15) is 0 Å². The van der Waals surface area contributed by atoms with Crippen molar-refractivity contribution in [2.45, 2.75) is 11.4 Å². The van der Waals surface area contributed by atoms with Gasteiger partial charge in [0, 0.05) is 31.7 Å². The Balaban J connectivity index is 0.00000300. The topological polar surface area (TPSA) is 101 Å². The second kappa shape index (κ2) is 10.9. The molecule has 11 heteroatoms. The standard InChI is InChI=1S/C18H21ClN4O4S.HI/c1-20-18(22-11-13-5-6-16-17(9-13)27-12-26-16)21-7-8-23-28(24,25)15-4-2-3-14(19)10-15;/h2-6,9-10,23H,7-8,11-12H2,1H3,(H2,20,21,22);1H. The van der Waals surface area contributed by atoms with E-state index < -0.39 is 10.0 Å². The van der Waals surface area contributed by atoms with Gasteiger partial charge in [-0.05, 0) is 35.9 Å². The lowest BCUT2D eigenvalue weighted by Crippen LogP contribution is -2.41. The van der Waals surface area contributed by atoms with Gasteiger partial charge in [0.25, 0.3) is 0 Å². The highest BCUT2D eigenvalue weighted by molar-refractivity contribution is 14.0. The zero-order valence-corrected chi connectivity index (χ0v) is 19.5. The number of aliphatic imine (C=N–C) groups is 1. The second-order valence-corrected chi connectivity index (χ2v) is 8.10. The monoisotopic (exact) mass is 552 g/mol. The lowest BCUT2D eigenvalue weighted by atomic mass is 10.2. The van der Waals surface area contributed by atoms with E-state index in [1.165, 1.54) is 12.1 Å². The van der Waals surface area contributed by atoms with Crippen LogP contribution in [-0.4, -0.2) is 41.3 Å². The molecule has 0 aliphatic carbocycles. The minimum atomic E-state index is -3.61. The summed E-state index contributed by atoms with van der Waals surface area (Å²) in [4.78, 5) is 4.25. The summed E-state index contributed by atoms with van der Waals surface area (Å²) in [6.07, 6.45) is 0. The van der Waals surface area contributed by atoms with Crippen LogP contribution in [0.5, 0.6) is 11.5 Å². The fourth-order valence-corrected chi connectivity index (χ4v) is 3.87. The summed E-state index contributed by atoms with van der Waals surface area (Å²) < 4.78 is 37.6. The number of hydrogen-bond donors (Lipinski definition) is 3. The van der Waals surface area contributed by atoms with Crippen molar-refractivity contribution in [2.75, 3.05) is 26.9 Å². The Hall–Kier alpha value is -1.76. The Bertz CT molecular complexity index is 972. The van der Waals surface area contributed by atoms with E-state index in [-0.39, 0.29) is 42.2 Å². The molecular weight excluding hydrogens is 531 g/mol. The van der Waals surface area contributed by atoms with Crippen molar-refractivity contribution in [3.63, 3.8) is 0 Å². The van der Waals surface area contributed by atoms with E-state index >= 15 is 0 Å². The Labute approximate surface area is 192 Å². The Morgan fingerprint density at radius 3 is 2.66 bits per heavy atom. The van der Waals surface area contributed by atoms with E-state index in [2.05, 4.69) is 20.3 Å². The molecule has 158 valence electrons. The highest BCUT2D eigenvalue weighted by Crippen LogP contribution is 2.32. The predicted octanol–water partition coefficient (Wildman–Crippen LogP) is 2.33. The Morgan fingerprint density at radius 2 is 1.90 bits per heavy atom. The van der Waals surface area contributed by atoms with Crippen LogP contribution in [0.15, 0.2) is 52.4 Å². The first-order valence-electron chi connectivity index (χ1n) is 8.56. The van der Waals surface area contributed by atoms with Crippen LogP contribution in [0.3, 0.4) is 0 Å². The fraction of sp³-hybridized carbons (Fsp3) is 0.278. The third-order valence-electron chi connectivity index (χ3n) is 3.94. The lowest BCUT2D eigenvalue weighted by molar-refractivity contribution is 0.174. The third-order valence-corrected chi connectivity index (χ3v) is 5.63. The molecule has 8 nitrogen and oxygen atoms in total. The number of nitrogens with one attached hydrogen (secondary N) is 3. The van der Waals surface area contributed by atoms with E-state index in [1.54, 1.807) is 19.2 Å². The third kappa shape index (κ3) is 6.63. The first kappa shape index (κ1) is 23.5. The molecule has 0 amide bonds. The van der Waals surface area contributed by atoms with Crippen molar-refractivity contribution < 1.29 is 17.9 Å². The average molecular weight is 553 g/mol. The summed E-state index contributed by atoms with van der Waals surface area (Å²) in [6.45, 7) is 1.32. The zero-order chi connectivity index (χ0) is 20.0. The van der Waals surface area contributed by atoms with Gasteiger partial charge in [-0.2, -0.15) is 0 Å². The molecule has 1 aliphatic heterocycles. The molecule has 0 unspecified atom stereocenters. The van der Waals surface area contributed by atoms with Gasteiger partial charge in [-0.25, -0.2) is 13.1 Å². The van der Waals surface area contributed by atoms with Crippen molar-refractivity contribution in [3.8, 4) is 11.5 Å². The van der Waals surface area contributed by atoms with E-state index in [4.69, 9.17) is 21.1 Å². The van der Waals surface area contributed by atoms with Crippen LogP contribution in [0, 0.1) is 0 Å². The average Bonchev–Trinajstić information content (AvgIpc) is 3.15. The minimum absolute atomic E-state index is 0. The summed E-state index contributed by atoms with van der Waals surface area (Å²) in [5.41, 5.74) is 1.01. The smallest absolute Gasteiger partial charge is 0.240 e. The molecule has 1 aliphatic rings. The number of nitrogens with zero attached hydrogens (tertiary/aromatic N) is 1. The summed E-state index contributed by atoms with van der Waals surface area (Å²) >= 11 is 5.85. The number of halogens is 2. The van der Waals surface area contributed by atoms with Gasteiger partial charge >= 0.3 is 0 Å². The number of hydrogen-bond acceptors (Lipinski definition) is 5. The van der Waals surface area contributed by atoms with Crippen LogP contribution >= 0.6 is 35.6 Å². The second-order valence-electron chi connectivity index (χ2n) is 5.90. The van der Waals surface area contributed by atoms with Crippen LogP contribution in [0.1, 0.15) is 5.56 Å². The summed E-state index contributed by atoms with van der Waals surface area (Å²) in [7, 11) is -1.97. The van der Waals surface area contributed by atoms with Gasteiger partial charge in [-0.1, -0.05) is 23.7 Å². The normalized spacial score (nSPS) is 13.0. The van der Waals surface area contributed by atoms with Gasteiger partial charge in [0.2, 0.25) is 16.8 Å². The molecule has 0 atom stereocenters. The van der Waals surface area contributed by atoms with Gasteiger partial charge in [-0.3, -0.25) is 4.99 Å². The zero-order valence-electron chi connectivity index (χ0n) is 15.6. The predicted molar refractivity (Wildman–Crippen MR) is 123 cm³/mol. The molecule has 3 rings (SSSR count). The molecule has 29 heavy (non-hydrogen) atoms. The molecule has 1 heterocycles. The molecule has 0 spiro atoms. The molecule has 0 saturated carbocycles. The molecule has 0 saturated heterocycles. The van der Waals surface area contributed by atoms with Crippen molar-refractivity contribution in [3.05, 3.63) is 53.1 Å². The number of ether oxygens (including phenoxy) is 2. The number of benzene rings is 2. The van der Waals surface area contributed by atoms with Gasteiger partial charge in [0.05, 0.1) is 4.90 Å².